The predicted octanol–water partition coefficient (Wildman–Crippen LogP) is 4.51. The lowest BCUT2D eigenvalue weighted by Gasteiger charge is -2.04. The van der Waals surface area contributed by atoms with Crippen LogP contribution in [-0.2, 0) is 6.42 Å². The second kappa shape index (κ2) is 7.58. The zero-order valence-corrected chi connectivity index (χ0v) is 13.2. The maximum absolute atomic E-state index is 5.65. The molecular weight excluding hydrogens is 288 g/mol. The highest BCUT2D eigenvalue weighted by Crippen LogP contribution is 2.21. The van der Waals surface area contributed by atoms with E-state index in [0.717, 1.165) is 30.8 Å². The van der Waals surface area contributed by atoms with Crippen molar-refractivity contribution < 1.29 is 9.26 Å². The molecule has 0 saturated heterocycles. The van der Waals surface area contributed by atoms with Crippen LogP contribution in [0.15, 0.2) is 59.1 Å². The summed E-state index contributed by atoms with van der Waals surface area (Å²) in [5.74, 6) is 2.09. The third kappa shape index (κ3) is 4.19. The van der Waals surface area contributed by atoms with E-state index in [1.165, 1.54) is 5.56 Å². The number of benzene rings is 2. The van der Waals surface area contributed by atoms with E-state index in [-0.39, 0.29) is 0 Å². The Hall–Kier alpha value is -2.62. The van der Waals surface area contributed by atoms with Crippen LogP contribution in [-0.4, -0.2) is 16.7 Å². The molecule has 2 aromatic carbocycles. The molecule has 4 heteroatoms. The molecule has 118 valence electrons. The fraction of sp³-hybridized carbons (Fsp3) is 0.263. The van der Waals surface area contributed by atoms with Crippen molar-refractivity contribution in [3.8, 4) is 17.2 Å². The van der Waals surface area contributed by atoms with Gasteiger partial charge in [0.1, 0.15) is 5.75 Å². The lowest BCUT2D eigenvalue weighted by molar-refractivity contribution is 0.309. The van der Waals surface area contributed by atoms with Crippen molar-refractivity contribution in [2.75, 3.05) is 6.61 Å². The Balaban J connectivity index is 1.65. The first kappa shape index (κ1) is 15.3. The molecule has 0 N–H and O–H groups in total. The number of rotatable bonds is 7. The minimum atomic E-state index is 0.538. The van der Waals surface area contributed by atoms with E-state index in [1.807, 2.05) is 42.5 Å². The fourth-order valence-corrected chi connectivity index (χ4v) is 2.25. The quantitative estimate of drug-likeness (QED) is 0.603. The van der Waals surface area contributed by atoms with E-state index >= 15 is 0 Å². The van der Waals surface area contributed by atoms with Crippen LogP contribution in [0.3, 0.4) is 0 Å². The molecule has 1 heterocycles. The van der Waals surface area contributed by atoms with E-state index in [0.29, 0.717) is 18.1 Å². The first-order chi connectivity index (χ1) is 11.3. The second-order valence-corrected chi connectivity index (χ2v) is 5.40. The lowest BCUT2D eigenvalue weighted by atomic mass is 10.1. The van der Waals surface area contributed by atoms with Crippen LogP contribution in [0.5, 0.6) is 5.75 Å². The van der Waals surface area contributed by atoms with E-state index in [9.17, 15) is 0 Å². The third-order valence-corrected chi connectivity index (χ3v) is 3.54. The van der Waals surface area contributed by atoms with Crippen molar-refractivity contribution >= 4 is 0 Å². The van der Waals surface area contributed by atoms with Gasteiger partial charge in [-0.2, -0.15) is 4.98 Å². The standard InChI is InChI=1S/C19H20N2O2/c1-2-3-13-22-17-11-9-16(10-12-17)19-20-18(21-23-19)14-15-7-5-4-6-8-15/h4-12H,2-3,13-14H2,1H3. The molecule has 3 aromatic rings. The summed E-state index contributed by atoms with van der Waals surface area (Å²) < 4.78 is 11.0. The summed E-state index contributed by atoms with van der Waals surface area (Å²) in [6, 6.07) is 17.9. The summed E-state index contributed by atoms with van der Waals surface area (Å²) in [6.45, 7) is 2.90. The van der Waals surface area contributed by atoms with Gasteiger partial charge in [-0.05, 0) is 36.2 Å². The van der Waals surface area contributed by atoms with Gasteiger partial charge in [-0.3, -0.25) is 0 Å². The molecule has 0 radical (unpaired) electrons. The molecule has 0 fully saturated rings. The molecule has 0 bridgehead atoms. The van der Waals surface area contributed by atoms with E-state index in [1.54, 1.807) is 0 Å². The molecule has 0 atom stereocenters. The van der Waals surface area contributed by atoms with Gasteiger partial charge in [-0.1, -0.05) is 48.8 Å². The smallest absolute Gasteiger partial charge is 0.257 e. The first-order valence-corrected chi connectivity index (χ1v) is 7.95. The molecule has 0 aliphatic carbocycles. The zero-order chi connectivity index (χ0) is 15.9. The van der Waals surface area contributed by atoms with Gasteiger partial charge in [-0.15, -0.1) is 0 Å². The van der Waals surface area contributed by atoms with Crippen LogP contribution < -0.4 is 4.74 Å². The molecule has 4 nitrogen and oxygen atoms in total. The highest BCUT2D eigenvalue weighted by molar-refractivity contribution is 5.54. The van der Waals surface area contributed by atoms with Crippen molar-refractivity contribution in [1.82, 2.24) is 10.1 Å². The summed E-state index contributed by atoms with van der Waals surface area (Å²) in [7, 11) is 0. The summed E-state index contributed by atoms with van der Waals surface area (Å²) in [5, 5.41) is 4.05. The maximum Gasteiger partial charge on any atom is 0.257 e. The van der Waals surface area contributed by atoms with Crippen LogP contribution >= 0.6 is 0 Å². The molecule has 23 heavy (non-hydrogen) atoms. The Kier molecular flexibility index (Phi) is 5.04. The van der Waals surface area contributed by atoms with E-state index in [2.05, 4.69) is 29.2 Å². The van der Waals surface area contributed by atoms with Crippen molar-refractivity contribution in [3.63, 3.8) is 0 Å². The number of ether oxygens (including phenoxy) is 1. The number of aromatic nitrogens is 2. The number of hydrogen-bond donors (Lipinski definition) is 0. The lowest BCUT2D eigenvalue weighted by Crippen LogP contribution is -1.95. The SMILES string of the molecule is CCCCOc1ccc(-c2nc(Cc3ccccc3)no2)cc1. The van der Waals surface area contributed by atoms with Crippen LogP contribution in [0.25, 0.3) is 11.5 Å². The average Bonchev–Trinajstić information content (AvgIpc) is 3.05. The van der Waals surface area contributed by atoms with Crippen LogP contribution in [0, 0.1) is 0 Å². The molecule has 1 aromatic heterocycles. The Morgan fingerprint density at radius 2 is 1.78 bits per heavy atom. The van der Waals surface area contributed by atoms with Gasteiger partial charge in [0.05, 0.1) is 6.61 Å². The van der Waals surface area contributed by atoms with Gasteiger partial charge in [-0.25, -0.2) is 0 Å². The molecule has 0 saturated carbocycles. The summed E-state index contributed by atoms with van der Waals surface area (Å²) in [4.78, 5) is 4.46. The molecule has 0 amide bonds. The van der Waals surface area contributed by atoms with Crippen molar-refractivity contribution in [1.29, 1.82) is 0 Å². The van der Waals surface area contributed by atoms with Crippen LogP contribution in [0.4, 0.5) is 0 Å². The predicted molar refractivity (Wildman–Crippen MR) is 89.4 cm³/mol. The van der Waals surface area contributed by atoms with E-state index in [4.69, 9.17) is 9.26 Å². The molecule has 3 rings (SSSR count). The third-order valence-electron chi connectivity index (χ3n) is 3.54. The monoisotopic (exact) mass is 308 g/mol. The van der Waals surface area contributed by atoms with Gasteiger partial charge < -0.3 is 9.26 Å². The van der Waals surface area contributed by atoms with Crippen molar-refractivity contribution in [3.05, 3.63) is 66.0 Å². The Morgan fingerprint density at radius 1 is 1.00 bits per heavy atom. The van der Waals surface area contributed by atoms with Crippen molar-refractivity contribution in [2.45, 2.75) is 26.2 Å². The van der Waals surface area contributed by atoms with Crippen LogP contribution in [0.1, 0.15) is 31.2 Å². The molecule has 0 aliphatic heterocycles. The van der Waals surface area contributed by atoms with Gasteiger partial charge in [0, 0.05) is 12.0 Å². The van der Waals surface area contributed by atoms with Gasteiger partial charge in [0.15, 0.2) is 5.82 Å². The normalized spacial score (nSPS) is 10.7. The summed E-state index contributed by atoms with van der Waals surface area (Å²) in [6.07, 6.45) is 2.86. The van der Waals surface area contributed by atoms with Gasteiger partial charge in [0.2, 0.25) is 0 Å². The summed E-state index contributed by atoms with van der Waals surface area (Å²) in [5.41, 5.74) is 2.07. The molecule has 0 unspecified atom stereocenters. The van der Waals surface area contributed by atoms with Gasteiger partial charge >= 0.3 is 0 Å². The highest BCUT2D eigenvalue weighted by atomic mass is 16.5. The molecule has 0 spiro atoms. The topological polar surface area (TPSA) is 48.2 Å². The van der Waals surface area contributed by atoms with Crippen LogP contribution in [0.2, 0.25) is 0 Å². The number of hydrogen-bond acceptors (Lipinski definition) is 4. The first-order valence-electron chi connectivity index (χ1n) is 7.95. The Labute approximate surface area is 136 Å². The second-order valence-electron chi connectivity index (χ2n) is 5.40. The fourth-order valence-electron chi connectivity index (χ4n) is 2.25. The van der Waals surface area contributed by atoms with Gasteiger partial charge in [0.25, 0.3) is 5.89 Å². The zero-order valence-electron chi connectivity index (χ0n) is 13.2. The minimum absolute atomic E-state index is 0.538. The highest BCUT2D eigenvalue weighted by Gasteiger charge is 2.09. The number of nitrogens with zero attached hydrogens (tertiary/aromatic N) is 2. The largest absolute Gasteiger partial charge is 0.494 e. The molecular formula is C19H20N2O2. The average molecular weight is 308 g/mol. The summed E-state index contributed by atoms with van der Waals surface area (Å²) >= 11 is 0. The maximum atomic E-state index is 5.65. The minimum Gasteiger partial charge on any atom is -0.494 e. The Morgan fingerprint density at radius 3 is 2.52 bits per heavy atom. The van der Waals surface area contributed by atoms with Crippen molar-refractivity contribution in [2.24, 2.45) is 0 Å². The van der Waals surface area contributed by atoms with E-state index < -0.39 is 0 Å². The Bertz CT molecular complexity index is 721. The number of unbranched alkanes of at least 4 members (excludes halogenated alkanes) is 1. The molecule has 0 aliphatic rings.